The van der Waals surface area contributed by atoms with E-state index in [0.717, 1.165) is 0 Å². The van der Waals surface area contributed by atoms with E-state index in [-0.39, 0.29) is 18.9 Å². The predicted molar refractivity (Wildman–Crippen MR) is 49.3 cm³/mol. The van der Waals surface area contributed by atoms with Crippen molar-refractivity contribution >= 4 is 11.9 Å². The van der Waals surface area contributed by atoms with E-state index >= 15 is 0 Å². The minimum atomic E-state index is -0.836. The Labute approximate surface area is 83.1 Å². The van der Waals surface area contributed by atoms with Gasteiger partial charge in [-0.3, -0.25) is 9.59 Å². The maximum atomic E-state index is 11.0. The molecule has 1 amide bonds. The summed E-state index contributed by atoms with van der Waals surface area (Å²) in [6.07, 6.45) is 1.99. The maximum absolute atomic E-state index is 11.0. The van der Waals surface area contributed by atoms with Crippen molar-refractivity contribution in [3.8, 4) is 0 Å². The second-order valence-corrected chi connectivity index (χ2v) is 3.01. The average molecular weight is 202 g/mol. The van der Waals surface area contributed by atoms with Gasteiger partial charge in [0, 0.05) is 19.4 Å². The molecule has 0 fully saturated rings. The first-order valence-electron chi connectivity index (χ1n) is 4.73. The van der Waals surface area contributed by atoms with Crippen LogP contribution >= 0.6 is 0 Å². The molecule has 0 aliphatic carbocycles. The van der Waals surface area contributed by atoms with Crippen LogP contribution in [0.3, 0.4) is 0 Å². The van der Waals surface area contributed by atoms with Gasteiger partial charge >= 0.3 is 5.97 Å². The Hall–Kier alpha value is -1.10. The number of amides is 1. The zero-order valence-electron chi connectivity index (χ0n) is 8.12. The molecule has 0 atom stereocenters. The zero-order valence-corrected chi connectivity index (χ0v) is 8.12. The van der Waals surface area contributed by atoms with Gasteiger partial charge in [-0.2, -0.15) is 0 Å². The molecule has 1 radical (unpaired) electrons. The molecule has 0 saturated carbocycles. The number of carbonyl (C=O) groups is 2. The lowest BCUT2D eigenvalue weighted by atomic mass is 10.2. The first-order valence-corrected chi connectivity index (χ1v) is 4.73. The van der Waals surface area contributed by atoms with E-state index in [2.05, 4.69) is 5.32 Å². The first kappa shape index (κ1) is 12.9. The monoisotopic (exact) mass is 202 g/mol. The van der Waals surface area contributed by atoms with Gasteiger partial charge in [-0.15, -0.1) is 0 Å². The molecule has 0 aromatic heterocycles. The van der Waals surface area contributed by atoms with Crippen molar-refractivity contribution < 1.29 is 19.8 Å². The highest BCUT2D eigenvalue weighted by molar-refractivity contribution is 5.75. The smallest absolute Gasteiger partial charge is 0.303 e. The Balaban J connectivity index is 3.22. The summed E-state index contributed by atoms with van der Waals surface area (Å²) < 4.78 is 0. The van der Waals surface area contributed by atoms with Crippen molar-refractivity contribution in [3.05, 3.63) is 0 Å². The molecule has 0 aliphatic rings. The zero-order chi connectivity index (χ0) is 10.8. The Morgan fingerprint density at radius 3 is 2.29 bits per heavy atom. The highest BCUT2D eigenvalue weighted by atomic mass is 16.4. The third-order valence-electron chi connectivity index (χ3n) is 1.69. The predicted octanol–water partition coefficient (Wildman–Crippen LogP) is 0.568. The van der Waals surface area contributed by atoms with Crippen LogP contribution in [0.4, 0.5) is 0 Å². The maximum Gasteiger partial charge on any atom is 0.303 e. The second kappa shape index (κ2) is 8.50. The van der Waals surface area contributed by atoms with Crippen LogP contribution in [-0.4, -0.2) is 30.1 Å². The number of carbonyl (C=O) groups excluding carboxylic acids is 1. The number of aliphatic carboxylic acids is 1. The molecule has 14 heavy (non-hydrogen) atoms. The topological polar surface area (TPSA) is 86.3 Å². The molecule has 81 valence electrons. The Morgan fingerprint density at radius 1 is 1.07 bits per heavy atom. The molecular weight excluding hydrogens is 186 g/mol. The van der Waals surface area contributed by atoms with Crippen molar-refractivity contribution in [3.63, 3.8) is 0 Å². The van der Waals surface area contributed by atoms with E-state index in [0.29, 0.717) is 32.2 Å². The normalized spacial score (nSPS) is 9.79. The molecule has 0 rings (SSSR count). The second-order valence-electron chi connectivity index (χ2n) is 3.01. The molecule has 0 spiro atoms. The summed E-state index contributed by atoms with van der Waals surface area (Å²) in [5.74, 6) is -0.944. The molecule has 0 heterocycles. The third kappa shape index (κ3) is 8.99. The van der Waals surface area contributed by atoms with Gasteiger partial charge in [-0.05, 0) is 19.3 Å². The van der Waals surface area contributed by atoms with Crippen LogP contribution in [0.25, 0.3) is 0 Å². The number of hydrogen-bond donors (Lipinski definition) is 2. The fourth-order valence-corrected chi connectivity index (χ4v) is 0.950. The lowest BCUT2D eigenvalue weighted by Crippen LogP contribution is -2.24. The molecular formula is C9H16NO4. The third-order valence-corrected chi connectivity index (χ3v) is 1.69. The Morgan fingerprint density at radius 2 is 1.71 bits per heavy atom. The number of nitrogens with one attached hydrogen (secondary N) is 1. The minimum absolute atomic E-state index is 0.105. The van der Waals surface area contributed by atoms with Gasteiger partial charge in [-0.1, -0.05) is 0 Å². The standard InChI is InChI=1S/C9H16NO4/c11-7-3-6-10-8(12)4-1-2-5-9(13)14/h1-7H2,(H,10,12)(H,13,14). The molecule has 0 bridgehead atoms. The Bertz CT molecular complexity index is 182. The minimum Gasteiger partial charge on any atom is -0.481 e. The summed E-state index contributed by atoms with van der Waals surface area (Å²) in [6, 6.07) is 0. The highest BCUT2D eigenvalue weighted by Crippen LogP contribution is 1.99. The molecule has 0 aromatic carbocycles. The van der Waals surface area contributed by atoms with Crippen LogP contribution in [0, 0.1) is 0 Å². The van der Waals surface area contributed by atoms with E-state index in [1.807, 2.05) is 0 Å². The Kier molecular flexibility index (Phi) is 7.83. The van der Waals surface area contributed by atoms with Crippen LogP contribution in [0.5, 0.6) is 0 Å². The molecule has 0 aromatic rings. The number of hydrogen-bond acceptors (Lipinski definition) is 2. The lowest BCUT2D eigenvalue weighted by molar-refractivity contribution is -0.137. The van der Waals surface area contributed by atoms with Gasteiger partial charge in [0.1, 0.15) is 0 Å². The molecule has 0 unspecified atom stereocenters. The SMILES string of the molecule is [O]CCCNC(=O)CCCCC(=O)O. The number of carboxylic acid groups (broad SMARTS) is 1. The molecule has 5 heteroatoms. The van der Waals surface area contributed by atoms with Gasteiger partial charge in [-0.25, -0.2) is 5.11 Å². The molecule has 2 N–H and O–H groups in total. The van der Waals surface area contributed by atoms with E-state index in [9.17, 15) is 14.7 Å². The summed E-state index contributed by atoms with van der Waals surface area (Å²) in [5, 5.41) is 20.9. The number of unbranched alkanes of at least 4 members (excludes halogenated alkanes) is 1. The summed E-state index contributed by atoms with van der Waals surface area (Å²) in [6.45, 7) is 0.237. The molecule has 0 aliphatic heterocycles. The average Bonchev–Trinajstić information content (AvgIpc) is 2.13. The summed E-state index contributed by atoms with van der Waals surface area (Å²) in [4.78, 5) is 21.1. The summed E-state index contributed by atoms with van der Waals surface area (Å²) in [7, 11) is 0. The van der Waals surface area contributed by atoms with Crippen molar-refractivity contribution in [1.29, 1.82) is 0 Å². The van der Waals surface area contributed by atoms with Crippen LogP contribution < -0.4 is 5.32 Å². The van der Waals surface area contributed by atoms with Crippen molar-refractivity contribution in [2.45, 2.75) is 32.1 Å². The number of carboxylic acids is 1. The van der Waals surface area contributed by atoms with Crippen LogP contribution in [0.15, 0.2) is 0 Å². The van der Waals surface area contributed by atoms with E-state index in [4.69, 9.17) is 5.11 Å². The van der Waals surface area contributed by atoms with Gasteiger partial charge in [0.15, 0.2) is 0 Å². The van der Waals surface area contributed by atoms with Crippen molar-refractivity contribution in [2.24, 2.45) is 0 Å². The summed E-state index contributed by atoms with van der Waals surface area (Å²) >= 11 is 0. The fourth-order valence-electron chi connectivity index (χ4n) is 0.950. The van der Waals surface area contributed by atoms with Crippen LogP contribution in [0.2, 0.25) is 0 Å². The van der Waals surface area contributed by atoms with Gasteiger partial charge in [0.2, 0.25) is 5.91 Å². The van der Waals surface area contributed by atoms with Crippen LogP contribution in [-0.2, 0) is 14.7 Å². The van der Waals surface area contributed by atoms with E-state index < -0.39 is 5.97 Å². The molecule has 5 nitrogen and oxygen atoms in total. The van der Waals surface area contributed by atoms with Gasteiger partial charge in [0.25, 0.3) is 0 Å². The van der Waals surface area contributed by atoms with Gasteiger partial charge in [0.05, 0.1) is 6.61 Å². The lowest BCUT2D eigenvalue weighted by Gasteiger charge is -2.02. The van der Waals surface area contributed by atoms with Crippen LogP contribution in [0.1, 0.15) is 32.1 Å². The fraction of sp³-hybridized carbons (Fsp3) is 0.778. The quantitative estimate of drug-likeness (QED) is 0.564. The first-order chi connectivity index (χ1) is 6.66. The van der Waals surface area contributed by atoms with E-state index in [1.54, 1.807) is 0 Å². The molecule has 0 saturated heterocycles. The van der Waals surface area contributed by atoms with E-state index in [1.165, 1.54) is 0 Å². The van der Waals surface area contributed by atoms with Crippen molar-refractivity contribution in [2.75, 3.05) is 13.2 Å². The summed E-state index contributed by atoms with van der Waals surface area (Å²) in [5.41, 5.74) is 0. The largest absolute Gasteiger partial charge is 0.481 e. The van der Waals surface area contributed by atoms with Gasteiger partial charge < -0.3 is 10.4 Å². The number of rotatable bonds is 8. The van der Waals surface area contributed by atoms with Crippen molar-refractivity contribution in [1.82, 2.24) is 5.32 Å². The highest BCUT2D eigenvalue weighted by Gasteiger charge is 2.01.